The second-order valence-electron chi connectivity index (χ2n) is 14.1. The Kier molecular flexibility index (Phi) is 17.1. The summed E-state index contributed by atoms with van der Waals surface area (Å²) in [7, 11) is -3.44. The maximum Gasteiger partial charge on any atom is 0.264 e. The topological polar surface area (TPSA) is 186 Å². The maximum atomic E-state index is 11.0. The average Bonchev–Trinajstić information content (AvgIpc) is 3.87. The first-order chi connectivity index (χ1) is 28.0. The molecule has 0 aromatic carbocycles. The molecule has 2 fully saturated rings. The van der Waals surface area contributed by atoms with E-state index in [1.54, 1.807) is 19.9 Å². The number of oxime groups is 2. The van der Waals surface area contributed by atoms with Crippen LogP contribution in [0, 0.1) is 13.8 Å². The number of hydrogen-bond donors (Lipinski definition) is 1. The van der Waals surface area contributed by atoms with Gasteiger partial charge in [-0.2, -0.15) is 8.42 Å². The van der Waals surface area contributed by atoms with Gasteiger partial charge in [-0.1, -0.05) is 34.6 Å². The third kappa shape index (κ3) is 15.1. The van der Waals surface area contributed by atoms with Crippen LogP contribution in [0.3, 0.4) is 0 Å². The fourth-order valence-electron chi connectivity index (χ4n) is 5.50. The summed E-state index contributed by atoms with van der Waals surface area (Å²) in [6.45, 7) is 17.6. The van der Waals surface area contributed by atoms with Crippen LogP contribution < -0.4 is 0 Å². The van der Waals surface area contributed by atoms with E-state index < -0.39 is 21.7 Å². The normalized spacial score (nSPS) is 16.8. The molecule has 15 nitrogen and oxygen atoms in total. The number of rotatable bonds is 12. The Balaban J connectivity index is 0.000000213. The van der Waals surface area contributed by atoms with Crippen molar-refractivity contribution in [1.82, 2.24) is 19.9 Å². The Morgan fingerprint density at radius 3 is 1.53 bits per heavy atom. The minimum atomic E-state index is -3.44. The van der Waals surface area contributed by atoms with Crippen LogP contribution in [-0.4, -0.2) is 90.9 Å². The first-order valence-electron chi connectivity index (χ1n) is 18.9. The first-order valence-corrected chi connectivity index (χ1v) is 20.7. The van der Waals surface area contributed by atoms with E-state index in [-0.39, 0.29) is 6.61 Å². The van der Waals surface area contributed by atoms with Gasteiger partial charge in [-0.15, -0.1) is 0 Å². The van der Waals surface area contributed by atoms with Crippen LogP contribution in [0.2, 0.25) is 0 Å². The minimum absolute atomic E-state index is 0.00894. The summed E-state index contributed by atoms with van der Waals surface area (Å²) in [6.07, 6.45) is 4.76. The molecule has 0 aliphatic carbocycles. The molecule has 4 aromatic rings. The zero-order chi connectivity index (χ0) is 43.1. The number of aryl methyl sites for hydroxylation is 2. The molecule has 0 spiro atoms. The van der Waals surface area contributed by atoms with Gasteiger partial charge in [0.2, 0.25) is 11.6 Å². The molecule has 0 saturated carbocycles. The van der Waals surface area contributed by atoms with Crippen molar-refractivity contribution in [3.8, 4) is 0 Å². The SMILES string of the molecule is C/C(=C\c1cccc(C2(C)OCCO2)n1)CO/N=C(\C)c1cccc(C)n1.C/C(=C\c1cccc(C2(C)OCCO2)n1)COS(C)(=O)=O.C/C(=N\O)c1cccc(C)n1. The Morgan fingerprint density at radius 2 is 1.10 bits per heavy atom. The smallest absolute Gasteiger partial charge is 0.264 e. The van der Waals surface area contributed by atoms with Gasteiger partial charge in [0.25, 0.3) is 10.1 Å². The summed E-state index contributed by atoms with van der Waals surface area (Å²) in [5.41, 5.74) is 9.42. The third-order valence-electron chi connectivity index (χ3n) is 8.60. The van der Waals surface area contributed by atoms with Gasteiger partial charge in [0.05, 0.1) is 73.5 Å². The van der Waals surface area contributed by atoms with Crippen molar-refractivity contribution in [2.75, 3.05) is 45.9 Å². The molecular weight excluding hydrogens is 777 g/mol. The molecule has 4 aromatic heterocycles. The highest BCUT2D eigenvalue weighted by Gasteiger charge is 2.35. The van der Waals surface area contributed by atoms with E-state index in [2.05, 4.69) is 30.2 Å². The Bertz CT molecular complexity index is 2250. The molecule has 59 heavy (non-hydrogen) atoms. The number of nitrogens with zero attached hydrogens (tertiary/aromatic N) is 6. The zero-order valence-electron chi connectivity index (χ0n) is 35.1. The van der Waals surface area contributed by atoms with Gasteiger partial charge in [-0.25, -0.2) is 9.97 Å². The molecule has 6 heterocycles. The molecule has 0 atom stereocenters. The number of aromatic nitrogens is 4. The van der Waals surface area contributed by atoms with Gasteiger partial charge >= 0.3 is 0 Å². The zero-order valence-corrected chi connectivity index (χ0v) is 35.9. The van der Waals surface area contributed by atoms with Crippen LogP contribution in [0.5, 0.6) is 0 Å². The molecular formula is C43H54N6O9S. The summed E-state index contributed by atoms with van der Waals surface area (Å²) in [5, 5.41) is 15.6. The van der Waals surface area contributed by atoms with E-state index >= 15 is 0 Å². The predicted octanol–water partition coefficient (Wildman–Crippen LogP) is 7.12. The van der Waals surface area contributed by atoms with E-state index in [1.807, 2.05) is 120 Å². The Hall–Kier alpha value is -5.23. The molecule has 0 radical (unpaired) electrons. The second-order valence-corrected chi connectivity index (χ2v) is 15.7. The van der Waals surface area contributed by atoms with Crippen molar-refractivity contribution < 1.29 is 41.6 Å². The van der Waals surface area contributed by atoms with Gasteiger partial charge in [0.1, 0.15) is 18.0 Å². The molecule has 2 saturated heterocycles. The van der Waals surface area contributed by atoms with Gasteiger partial charge in [0, 0.05) is 11.4 Å². The Morgan fingerprint density at radius 1 is 0.678 bits per heavy atom. The highest BCUT2D eigenvalue weighted by Crippen LogP contribution is 2.30. The van der Waals surface area contributed by atoms with E-state index in [4.69, 9.17) is 33.2 Å². The van der Waals surface area contributed by atoms with Crippen molar-refractivity contribution in [2.24, 2.45) is 10.3 Å². The molecule has 6 rings (SSSR count). The van der Waals surface area contributed by atoms with E-state index in [1.165, 1.54) is 0 Å². The van der Waals surface area contributed by atoms with Crippen molar-refractivity contribution >= 4 is 33.7 Å². The van der Waals surface area contributed by atoms with Gasteiger partial charge in [-0.05, 0) is 127 Å². The lowest BCUT2D eigenvalue weighted by molar-refractivity contribution is -0.153. The fraction of sp³-hybridized carbons (Fsp3) is 0.395. The lowest BCUT2D eigenvalue weighted by Gasteiger charge is -2.21. The van der Waals surface area contributed by atoms with Crippen molar-refractivity contribution in [3.63, 3.8) is 0 Å². The largest absolute Gasteiger partial charge is 0.411 e. The average molecular weight is 831 g/mol. The standard InChI is InChI=1S/C21H25N3O3.C14H19NO5S.C8H10N2O/c1-15(14-27-24-17(3)19-9-5-7-16(2)22-19)13-18-8-6-10-20(23-18)21(4)25-11-12-26-21;1-11(10-20-21(3,16)17)9-12-5-4-6-13(15-12)14(2)18-7-8-19-14;1-6-4-3-5-8(9-6)7(2)10-11/h5-10,13H,11-12,14H2,1-4H3;4-6,9H,7-8,10H2,1-3H3;3-5,11H,1-2H3/b15-13+,24-17+;11-9+;10-7+. The summed E-state index contributed by atoms with van der Waals surface area (Å²) in [6, 6.07) is 22.7. The number of hydrogen-bond acceptors (Lipinski definition) is 15. The monoisotopic (exact) mass is 830 g/mol. The summed E-state index contributed by atoms with van der Waals surface area (Å²) >= 11 is 0. The molecule has 316 valence electrons. The lowest BCUT2D eigenvalue weighted by Crippen LogP contribution is -2.24. The van der Waals surface area contributed by atoms with Crippen LogP contribution in [0.1, 0.15) is 87.1 Å². The van der Waals surface area contributed by atoms with Crippen molar-refractivity contribution in [2.45, 2.75) is 67.0 Å². The molecule has 0 amide bonds. The van der Waals surface area contributed by atoms with Gasteiger partial charge in [-0.3, -0.25) is 14.2 Å². The van der Waals surface area contributed by atoms with Crippen LogP contribution in [0.15, 0.2) is 94.3 Å². The number of pyridine rings is 4. The van der Waals surface area contributed by atoms with E-state index in [9.17, 15) is 8.42 Å². The van der Waals surface area contributed by atoms with Crippen LogP contribution in [-0.2, 0) is 49.7 Å². The molecule has 0 unspecified atom stereocenters. The van der Waals surface area contributed by atoms with Crippen molar-refractivity contribution in [3.05, 3.63) is 129 Å². The highest BCUT2D eigenvalue weighted by molar-refractivity contribution is 7.86. The minimum Gasteiger partial charge on any atom is -0.411 e. The summed E-state index contributed by atoms with van der Waals surface area (Å²) in [4.78, 5) is 23.2. The Labute approximate surface area is 347 Å². The maximum absolute atomic E-state index is 11.0. The van der Waals surface area contributed by atoms with Crippen LogP contribution in [0.4, 0.5) is 0 Å². The first kappa shape index (κ1) is 46.5. The molecule has 0 bridgehead atoms. The van der Waals surface area contributed by atoms with Crippen molar-refractivity contribution in [1.29, 1.82) is 0 Å². The second kappa shape index (κ2) is 21.7. The molecule has 16 heteroatoms. The molecule has 2 aliphatic heterocycles. The highest BCUT2D eigenvalue weighted by atomic mass is 32.2. The fourth-order valence-corrected chi connectivity index (χ4v) is 5.90. The van der Waals surface area contributed by atoms with Crippen LogP contribution >= 0.6 is 0 Å². The number of ether oxygens (including phenoxy) is 4. The van der Waals surface area contributed by atoms with Crippen LogP contribution in [0.25, 0.3) is 12.2 Å². The molecule has 2 aliphatic rings. The predicted molar refractivity (Wildman–Crippen MR) is 225 cm³/mol. The van der Waals surface area contributed by atoms with E-state index in [0.29, 0.717) is 55.8 Å². The van der Waals surface area contributed by atoms with Gasteiger partial charge in [0.15, 0.2) is 0 Å². The lowest BCUT2D eigenvalue weighted by atomic mass is 10.1. The summed E-state index contributed by atoms with van der Waals surface area (Å²) < 4.78 is 49.1. The van der Waals surface area contributed by atoms with E-state index in [0.717, 1.165) is 51.6 Å². The molecule has 1 N–H and O–H groups in total. The quantitative estimate of drug-likeness (QED) is 0.0659. The summed E-state index contributed by atoms with van der Waals surface area (Å²) in [5.74, 6) is -1.59. The third-order valence-corrected chi connectivity index (χ3v) is 9.15. The van der Waals surface area contributed by atoms with Gasteiger partial charge < -0.3 is 29.0 Å².